The summed E-state index contributed by atoms with van der Waals surface area (Å²) in [5, 5.41) is 7.62. The molecule has 0 bridgehead atoms. The number of carbonyl (C=O) groups excluding carboxylic acids is 1. The fraction of sp³-hybridized carbons (Fsp3) is 0.647. The van der Waals surface area contributed by atoms with Crippen LogP contribution in [0.3, 0.4) is 0 Å². The minimum atomic E-state index is 0.0385. The van der Waals surface area contributed by atoms with Crippen LogP contribution < -0.4 is 5.32 Å². The van der Waals surface area contributed by atoms with E-state index in [1.54, 1.807) is 0 Å². The fourth-order valence-corrected chi connectivity index (χ4v) is 3.16. The second-order valence-corrected chi connectivity index (χ2v) is 6.23. The summed E-state index contributed by atoms with van der Waals surface area (Å²) in [6.45, 7) is 3.53. The van der Waals surface area contributed by atoms with Gasteiger partial charge in [-0.1, -0.05) is 12.5 Å². The van der Waals surface area contributed by atoms with Gasteiger partial charge < -0.3 is 10.1 Å². The maximum absolute atomic E-state index is 12.4. The summed E-state index contributed by atoms with van der Waals surface area (Å²) in [6.07, 6.45) is 11.5. The van der Waals surface area contributed by atoms with Crippen molar-refractivity contribution in [1.29, 1.82) is 0 Å². The van der Waals surface area contributed by atoms with Crippen molar-refractivity contribution in [3.8, 4) is 0 Å². The number of nitrogens with zero attached hydrogens (tertiary/aromatic N) is 2. The molecule has 0 aromatic carbocycles. The van der Waals surface area contributed by atoms with Crippen LogP contribution >= 0.6 is 0 Å². The smallest absolute Gasteiger partial charge is 0.251 e. The molecule has 0 atom stereocenters. The molecule has 2 aliphatic rings. The van der Waals surface area contributed by atoms with E-state index >= 15 is 0 Å². The summed E-state index contributed by atoms with van der Waals surface area (Å²) in [5.74, 6) is 0.0385. The molecule has 1 aromatic rings. The topological polar surface area (TPSA) is 56.1 Å². The summed E-state index contributed by atoms with van der Waals surface area (Å²) in [6, 6.07) is 0.384. The Morgan fingerprint density at radius 3 is 2.95 bits per heavy atom. The molecule has 2 heterocycles. The van der Waals surface area contributed by atoms with E-state index in [-0.39, 0.29) is 5.91 Å². The number of ether oxygens (including phenoxy) is 1. The molecule has 0 radical (unpaired) electrons. The van der Waals surface area contributed by atoms with Crippen molar-refractivity contribution in [2.45, 2.75) is 57.9 Å². The number of allylic oxidation sites excluding steroid dienone is 1. The Hall–Kier alpha value is -1.62. The van der Waals surface area contributed by atoms with Crippen molar-refractivity contribution in [2.24, 2.45) is 0 Å². The molecule has 5 heteroatoms. The molecule has 3 rings (SSSR count). The van der Waals surface area contributed by atoms with Gasteiger partial charge in [-0.05, 0) is 45.4 Å². The Bertz CT molecular complexity index is 556. The van der Waals surface area contributed by atoms with E-state index in [2.05, 4.69) is 16.5 Å². The highest BCUT2D eigenvalue weighted by Gasteiger charge is 2.19. The van der Waals surface area contributed by atoms with Crippen LogP contribution in [0, 0.1) is 6.92 Å². The van der Waals surface area contributed by atoms with Gasteiger partial charge in [0.05, 0.1) is 17.4 Å². The third-order valence-corrected chi connectivity index (χ3v) is 4.56. The van der Waals surface area contributed by atoms with Crippen LogP contribution in [0.15, 0.2) is 17.8 Å². The number of carbonyl (C=O) groups is 1. The first-order valence-corrected chi connectivity index (χ1v) is 8.38. The van der Waals surface area contributed by atoms with Crippen molar-refractivity contribution in [3.63, 3.8) is 0 Å². The largest absolute Gasteiger partial charge is 0.381 e. The lowest BCUT2D eigenvalue weighted by atomic mass is 10.1. The van der Waals surface area contributed by atoms with Gasteiger partial charge in [0.2, 0.25) is 0 Å². The van der Waals surface area contributed by atoms with Crippen molar-refractivity contribution in [3.05, 3.63) is 23.5 Å². The summed E-state index contributed by atoms with van der Waals surface area (Å²) >= 11 is 0. The predicted octanol–water partition coefficient (Wildman–Crippen LogP) is 3.37. The number of aryl methyl sites for hydroxylation is 1. The monoisotopic (exact) mass is 303 g/mol. The highest BCUT2D eigenvalue weighted by molar-refractivity contribution is 6.03. The standard InChI is InChI=1S/C17H25N3O2/c1-13-16(12-20(19-13)15-8-10-22-11-9-15)18-17(21)14-6-4-2-3-5-7-14/h6,12,15H,2-5,7-11H2,1H3,(H,18,21). The molecule has 0 spiro atoms. The summed E-state index contributed by atoms with van der Waals surface area (Å²) in [7, 11) is 0. The SMILES string of the molecule is Cc1nn(C2CCOCC2)cc1NC(=O)C1=CCCCCC1. The van der Waals surface area contributed by atoms with Gasteiger partial charge >= 0.3 is 0 Å². The van der Waals surface area contributed by atoms with Gasteiger partial charge in [-0.15, -0.1) is 0 Å². The lowest BCUT2D eigenvalue weighted by Gasteiger charge is -2.22. The van der Waals surface area contributed by atoms with E-state index in [0.29, 0.717) is 6.04 Å². The maximum Gasteiger partial charge on any atom is 0.251 e. The molecule has 1 saturated heterocycles. The number of amides is 1. The molecule has 0 saturated carbocycles. The Labute approximate surface area is 131 Å². The number of anilines is 1. The van der Waals surface area contributed by atoms with Gasteiger partial charge in [0.1, 0.15) is 0 Å². The summed E-state index contributed by atoms with van der Waals surface area (Å²) < 4.78 is 7.39. The predicted molar refractivity (Wildman–Crippen MR) is 85.9 cm³/mol. The van der Waals surface area contributed by atoms with Crippen LogP contribution in [0.1, 0.15) is 56.7 Å². The second-order valence-electron chi connectivity index (χ2n) is 6.23. The molecule has 1 N–H and O–H groups in total. The van der Waals surface area contributed by atoms with E-state index in [0.717, 1.165) is 62.3 Å². The second kappa shape index (κ2) is 7.09. The normalized spacial score (nSPS) is 20.3. The third-order valence-electron chi connectivity index (χ3n) is 4.56. The molecule has 22 heavy (non-hydrogen) atoms. The average Bonchev–Trinajstić information content (AvgIpc) is 2.76. The molecule has 120 valence electrons. The van der Waals surface area contributed by atoms with Gasteiger partial charge in [-0.2, -0.15) is 5.10 Å². The van der Waals surface area contributed by atoms with Crippen LogP contribution in [-0.4, -0.2) is 28.9 Å². The van der Waals surface area contributed by atoms with Gasteiger partial charge in [0.25, 0.3) is 5.91 Å². The van der Waals surface area contributed by atoms with Gasteiger partial charge in [-0.25, -0.2) is 0 Å². The first-order chi connectivity index (χ1) is 10.7. The number of aromatic nitrogens is 2. The Kier molecular flexibility index (Phi) is 4.93. The summed E-state index contributed by atoms with van der Waals surface area (Å²) in [4.78, 5) is 12.4. The van der Waals surface area contributed by atoms with Crippen LogP contribution in [0.5, 0.6) is 0 Å². The molecule has 0 unspecified atom stereocenters. The minimum absolute atomic E-state index is 0.0385. The fourth-order valence-electron chi connectivity index (χ4n) is 3.16. The van der Waals surface area contributed by atoms with Crippen molar-refractivity contribution in [1.82, 2.24) is 9.78 Å². The summed E-state index contributed by atoms with van der Waals surface area (Å²) in [5.41, 5.74) is 2.64. The molecular formula is C17H25N3O2. The third kappa shape index (κ3) is 3.58. The lowest BCUT2D eigenvalue weighted by molar-refractivity contribution is -0.113. The Morgan fingerprint density at radius 2 is 2.14 bits per heavy atom. The lowest BCUT2D eigenvalue weighted by Crippen LogP contribution is -2.20. The number of hydrogen-bond acceptors (Lipinski definition) is 3. The highest BCUT2D eigenvalue weighted by atomic mass is 16.5. The zero-order valence-electron chi connectivity index (χ0n) is 13.3. The van der Waals surface area contributed by atoms with Gasteiger partial charge in [0, 0.05) is 25.0 Å². The van der Waals surface area contributed by atoms with E-state index in [4.69, 9.17) is 4.74 Å². The molecule has 1 fully saturated rings. The van der Waals surface area contributed by atoms with Crippen LogP contribution in [-0.2, 0) is 9.53 Å². The molecule has 5 nitrogen and oxygen atoms in total. The van der Waals surface area contributed by atoms with E-state index in [1.165, 1.54) is 12.8 Å². The Morgan fingerprint density at radius 1 is 1.32 bits per heavy atom. The van der Waals surface area contributed by atoms with Gasteiger partial charge in [0.15, 0.2) is 0 Å². The van der Waals surface area contributed by atoms with Crippen LogP contribution in [0.4, 0.5) is 5.69 Å². The van der Waals surface area contributed by atoms with Crippen LogP contribution in [0.2, 0.25) is 0 Å². The highest BCUT2D eigenvalue weighted by Crippen LogP contribution is 2.24. The number of rotatable bonds is 3. The zero-order chi connectivity index (χ0) is 15.4. The number of nitrogens with one attached hydrogen (secondary N) is 1. The maximum atomic E-state index is 12.4. The Balaban J connectivity index is 1.68. The minimum Gasteiger partial charge on any atom is -0.381 e. The first kappa shape index (κ1) is 15.3. The zero-order valence-corrected chi connectivity index (χ0v) is 13.3. The van der Waals surface area contributed by atoms with Crippen LogP contribution in [0.25, 0.3) is 0 Å². The molecular weight excluding hydrogens is 278 g/mol. The van der Waals surface area contributed by atoms with Crippen molar-refractivity contribution in [2.75, 3.05) is 18.5 Å². The van der Waals surface area contributed by atoms with E-state index in [9.17, 15) is 4.79 Å². The molecule has 1 aromatic heterocycles. The first-order valence-electron chi connectivity index (χ1n) is 8.38. The molecule has 1 aliphatic heterocycles. The van der Waals surface area contributed by atoms with E-state index in [1.807, 2.05) is 17.8 Å². The number of hydrogen-bond donors (Lipinski definition) is 1. The van der Waals surface area contributed by atoms with Crippen molar-refractivity contribution < 1.29 is 9.53 Å². The van der Waals surface area contributed by atoms with Crippen molar-refractivity contribution >= 4 is 11.6 Å². The quantitative estimate of drug-likeness (QED) is 0.931. The van der Waals surface area contributed by atoms with E-state index < -0.39 is 0 Å². The molecule has 1 amide bonds. The average molecular weight is 303 g/mol. The van der Waals surface area contributed by atoms with Gasteiger partial charge in [-0.3, -0.25) is 9.48 Å². The molecule has 1 aliphatic carbocycles.